The lowest BCUT2D eigenvalue weighted by Crippen LogP contribution is -2.37. The van der Waals surface area contributed by atoms with Crippen LogP contribution in [0.1, 0.15) is 5.56 Å². The van der Waals surface area contributed by atoms with Crippen molar-refractivity contribution >= 4 is 32.6 Å². The zero-order chi connectivity index (χ0) is 20.3. The quantitative estimate of drug-likeness (QED) is 0.601. The number of carbonyl (C=O) groups excluding carboxylic acids is 1. The van der Waals surface area contributed by atoms with Gasteiger partial charge in [-0.05, 0) is 37.9 Å². The fraction of sp³-hybridized carbons (Fsp3) is 0.300. The van der Waals surface area contributed by atoms with Gasteiger partial charge in [-0.3, -0.25) is 9.69 Å². The van der Waals surface area contributed by atoms with Crippen LogP contribution < -0.4 is 9.64 Å². The predicted molar refractivity (Wildman–Crippen MR) is 107 cm³/mol. The smallest absolute Gasteiger partial charge is 0.233 e. The monoisotopic (exact) mass is 405 g/mol. The number of amides is 1. The van der Waals surface area contributed by atoms with Crippen LogP contribution in [-0.2, 0) is 11.2 Å². The summed E-state index contributed by atoms with van der Waals surface area (Å²) in [7, 11) is 5.39. The zero-order valence-electron chi connectivity index (χ0n) is 15.9. The van der Waals surface area contributed by atoms with Crippen molar-refractivity contribution in [2.75, 3.05) is 39.2 Å². The highest BCUT2D eigenvalue weighted by atomic mass is 32.1. The molecule has 8 heteroatoms. The van der Waals surface area contributed by atoms with Crippen LogP contribution in [0.25, 0.3) is 10.2 Å². The Bertz CT molecular complexity index is 973. The molecule has 0 spiro atoms. The van der Waals surface area contributed by atoms with Gasteiger partial charge in [0.25, 0.3) is 0 Å². The zero-order valence-corrected chi connectivity index (χ0v) is 16.7. The van der Waals surface area contributed by atoms with Gasteiger partial charge in [0.2, 0.25) is 5.91 Å². The van der Waals surface area contributed by atoms with Gasteiger partial charge in [-0.15, -0.1) is 0 Å². The molecule has 0 aliphatic carbocycles. The maximum absolute atomic E-state index is 14.0. The van der Waals surface area contributed by atoms with E-state index in [1.165, 1.54) is 11.0 Å². The van der Waals surface area contributed by atoms with Crippen LogP contribution in [0, 0.1) is 11.6 Å². The summed E-state index contributed by atoms with van der Waals surface area (Å²) in [5.41, 5.74) is 0.910. The Balaban J connectivity index is 1.89. The summed E-state index contributed by atoms with van der Waals surface area (Å²) in [6.07, 6.45) is 0.171. The summed E-state index contributed by atoms with van der Waals surface area (Å²) in [6.45, 7) is 1.01. The van der Waals surface area contributed by atoms with Gasteiger partial charge >= 0.3 is 0 Å². The number of carbonyl (C=O) groups is 1. The Morgan fingerprint density at radius 1 is 1.14 bits per heavy atom. The van der Waals surface area contributed by atoms with Crippen LogP contribution in [0.3, 0.4) is 0 Å². The first-order chi connectivity index (χ1) is 13.4. The van der Waals surface area contributed by atoms with E-state index in [0.29, 0.717) is 28.7 Å². The van der Waals surface area contributed by atoms with Crippen LogP contribution in [0.4, 0.5) is 13.9 Å². The number of anilines is 1. The van der Waals surface area contributed by atoms with Crippen molar-refractivity contribution in [2.45, 2.75) is 6.42 Å². The minimum absolute atomic E-state index is 0.0773. The average molecular weight is 405 g/mol. The highest BCUT2D eigenvalue weighted by Gasteiger charge is 2.21. The molecule has 148 valence electrons. The molecule has 3 rings (SSSR count). The Labute approximate surface area is 166 Å². The van der Waals surface area contributed by atoms with Gasteiger partial charge in [0.15, 0.2) is 10.9 Å². The van der Waals surface area contributed by atoms with E-state index < -0.39 is 11.6 Å². The number of hydrogen-bond donors (Lipinski definition) is 0. The van der Waals surface area contributed by atoms with Gasteiger partial charge in [-0.2, -0.15) is 0 Å². The number of benzene rings is 2. The number of hydrogen-bond acceptors (Lipinski definition) is 5. The van der Waals surface area contributed by atoms with Gasteiger partial charge in [0.05, 0.1) is 18.2 Å². The number of ether oxygens (including phenoxy) is 1. The Morgan fingerprint density at radius 3 is 2.50 bits per heavy atom. The molecular formula is C20H21F2N3O2S. The molecule has 0 N–H and O–H groups in total. The predicted octanol–water partition coefficient (Wildman–Crippen LogP) is 3.72. The highest BCUT2D eigenvalue weighted by Crippen LogP contribution is 2.31. The topological polar surface area (TPSA) is 45.7 Å². The van der Waals surface area contributed by atoms with E-state index in [2.05, 4.69) is 4.98 Å². The lowest BCUT2D eigenvalue weighted by Gasteiger charge is -2.22. The molecule has 0 aliphatic heterocycles. The summed E-state index contributed by atoms with van der Waals surface area (Å²) >= 11 is 1.11. The van der Waals surface area contributed by atoms with Crippen molar-refractivity contribution in [1.82, 2.24) is 9.88 Å². The molecule has 28 heavy (non-hydrogen) atoms. The minimum atomic E-state index is -0.729. The Kier molecular flexibility index (Phi) is 6.21. The number of thiazole rings is 1. The molecule has 1 heterocycles. The molecule has 1 amide bonds. The molecule has 0 bridgehead atoms. The molecular weight excluding hydrogens is 384 g/mol. The van der Waals surface area contributed by atoms with Crippen LogP contribution in [0.2, 0.25) is 0 Å². The first-order valence-corrected chi connectivity index (χ1v) is 9.52. The second kappa shape index (κ2) is 8.62. The maximum Gasteiger partial charge on any atom is 0.233 e. The van der Waals surface area contributed by atoms with Crippen molar-refractivity contribution in [3.63, 3.8) is 0 Å². The second-order valence-corrected chi connectivity index (χ2v) is 7.61. The van der Waals surface area contributed by atoms with Crippen molar-refractivity contribution in [1.29, 1.82) is 0 Å². The molecule has 0 unspecified atom stereocenters. The van der Waals surface area contributed by atoms with E-state index in [-0.39, 0.29) is 17.8 Å². The van der Waals surface area contributed by atoms with Gasteiger partial charge in [0.1, 0.15) is 17.1 Å². The molecule has 0 atom stereocenters. The Morgan fingerprint density at radius 2 is 1.86 bits per heavy atom. The van der Waals surface area contributed by atoms with E-state index in [9.17, 15) is 13.6 Å². The third-order valence-electron chi connectivity index (χ3n) is 4.22. The standard InChI is InChI=1S/C20H21F2N3O2S/c1-24(2)8-9-25(18(26)10-13-4-6-15(27-3)7-5-13)20-23-19-16(22)11-14(21)12-17(19)28-20/h4-7,11-12H,8-10H2,1-3H3. The number of nitrogens with zero attached hydrogens (tertiary/aromatic N) is 3. The van der Waals surface area contributed by atoms with Crippen molar-refractivity contribution in [3.05, 3.63) is 53.6 Å². The maximum atomic E-state index is 14.0. The molecule has 5 nitrogen and oxygen atoms in total. The number of rotatable bonds is 7. The van der Waals surface area contributed by atoms with Gasteiger partial charge < -0.3 is 9.64 Å². The first-order valence-electron chi connectivity index (χ1n) is 8.71. The molecule has 3 aromatic rings. The lowest BCUT2D eigenvalue weighted by molar-refractivity contribution is -0.118. The fourth-order valence-corrected chi connectivity index (χ4v) is 3.75. The molecule has 0 radical (unpaired) electrons. The van der Waals surface area contributed by atoms with Crippen molar-refractivity contribution in [2.24, 2.45) is 0 Å². The lowest BCUT2D eigenvalue weighted by atomic mass is 10.1. The largest absolute Gasteiger partial charge is 0.497 e. The van der Waals surface area contributed by atoms with E-state index in [1.54, 1.807) is 19.2 Å². The molecule has 1 aromatic heterocycles. The van der Waals surface area contributed by atoms with Crippen LogP contribution in [0.15, 0.2) is 36.4 Å². The minimum Gasteiger partial charge on any atom is -0.497 e. The van der Waals surface area contributed by atoms with Gasteiger partial charge in [0, 0.05) is 19.2 Å². The average Bonchev–Trinajstić information content (AvgIpc) is 3.06. The highest BCUT2D eigenvalue weighted by molar-refractivity contribution is 7.22. The fourth-order valence-electron chi connectivity index (χ4n) is 2.70. The summed E-state index contributed by atoms with van der Waals surface area (Å²) in [5.74, 6) is -0.839. The van der Waals surface area contributed by atoms with Crippen molar-refractivity contribution in [3.8, 4) is 5.75 Å². The summed E-state index contributed by atoms with van der Waals surface area (Å²) in [6, 6.07) is 9.28. The molecule has 0 fully saturated rings. The third-order valence-corrected chi connectivity index (χ3v) is 5.24. The summed E-state index contributed by atoms with van der Waals surface area (Å²) < 4.78 is 33.1. The first kappa shape index (κ1) is 20.2. The molecule has 0 saturated heterocycles. The van der Waals surface area contributed by atoms with E-state index >= 15 is 0 Å². The van der Waals surface area contributed by atoms with Crippen LogP contribution in [-0.4, -0.2) is 50.1 Å². The third kappa shape index (κ3) is 4.63. The Hall–Kier alpha value is -2.58. The van der Waals surface area contributed by atoms with Crippen LogP contribution >= 0.6 is 11.3 Å². The van der Waals surface area contributed by atoms with Crippen LogP contribution in [0.5, 0.6) is 5.75 Å². The van der Waals surface area contributed by atoms with E-state index in [1.807, 2.05) is 31.1 Å². The normalized spacial score (nSPS) is 11.2. The van der Waals surface area contributed by atoms with E-state index in [0.717, 1.165) is 23.0 Å². The number of methoxy groups -OCH3 is 1. The number of likely N-dealkylation sites (N-methyl/N-ethyl adjacent to an activating group) is 1. The SMILES string of the molecule is COc1ccc(CC(=O)N(CCN(C)C)c2nc3c(F)cc(F)cc3s2)cc1. The number of fused-ring (bicyclic) bond motifs is 1. The van der Waals surface area contributed by atoms with E-state index in [4.69, 9.17) is 4.74 Å². The molecule has 2 aromatic carbocycles. The van der Waals surface area contributed by atoms with Crippen molar-refractivity contribution < 1.29 is 18.3 Å². The molecule has 0 aliphatic rings. The second-order valence-electron chi connectivity index (χ2n) is 6.60. The van der Waals surface area contributed by atoms with Gasteiger partial charge in [-0.1, -0.05) is 23.5 Å². The number of halogens is 2. The molecule has 0 saturated carbocycles. The van der Waals surface area contributed by atoms with Gasteiger partial charge in [-0.25, -0.2) is 13.8 Å². The number of aromatic nitrogens is 1. The summed E-state index contributed by atoms with van der Waals surface area (Å²) in [5, 5.41) is 0.361. The summed E-state index contributed by atoms with van der Waals surface area (Å²) in [4.78, 5) is 20.7.